The maximum Gasteiger partial charge on any atom is 0.186 e. The van der Waals surface area contributed by atoms with E-state index in [9.17, 15) is 0 Å². The van der Waals surface area contributed by atoms with Crippen LogP contribution >= 0.6 is 11.3 Å². The molecule has 0 amide bonds. The van der Waals surface area contributed by atoms with E-state index in [0.717, 1.165) is 34.1 Å². The number of nitrogen functional groups attached to an aromatic ring is 1. The average molecular weight is 297 g/mol. The van der Waals surface area contributed by atoms with Gasteiger partial charge in [-0.2, -0.15) is 0 Å². The van der Waals surface area contributed by atoms with E-state index in [1.54, 1.807) is 11.3 Å². The van der Waals surface area contributed by atoms with Crippen LogP contribution in [0.4, 0.5) is 10.8 Å². The standard InChI is InChI=1S/C17H19N3S/c1-3-20(11-13-7-5-4-6-12(13)2)17-19-15-9-8-14(18)10-16(15)21-17/h4-10H,3,11,18H2,1-2H3. The molecule has 4 heteroatoms. The van der Waals surface area contributed by atoms with Gasteiger partial charge < -0.3 is 10.6 Å². The fourth-order valence-electron chi connectivity index (χ4n) is 2.37. The lowest BCUT2D eigenvalue weighted by molar-refractivity contribution is 0.823. The SMILES string of the molecule is CCN(Cc1ccccc1C)c1nc2ccc(N)cc2s1. The third-order valence-electron chi connectivity index (χ3n) is 3.68. The minimum Gasteiger partial charge on any atom is -0.399 e. The van der Waals surface area contributed by atoms with Crippen LogP contribution in [0.15, 0.2) is 42.5 Å². The summed E-state index contributed by atoms with van der Waals surface area (Å²) < 4.78 is 1.15. The van der Waals surface area contributed by atoms with Gasteiger partial charge in [0, 0.05) is 18.8 Å². The van der Waals surface area contributed by atoms with Crippen molar-refractivity contribution in [3.8, 4) is 0 Å². The highest BCUT2D eigenvalue weighted by Crippen LogP contribution is 2.31. The third kappa shape index (κ3) is 2.85. The molecule has 21 heavy (non-hydrogen) atoms. The van der Waals surface area contributed by atoms with Gasteiger partial charge in [0.15, 0.2) is 5.13 Å². The van der Waals surface area contributed by atoms with E-state index in [1.165, 1.54) is 11.1 Å². The number of aryl methyl sites for hydroxylation is 1. The summed E-state index contributed by atoms with van der Waals surface area (Å²) in [5, 5.41) is 1.06. The molecule has 3 aromatic rings. The van der Waals surface area contributed by atoms with Gasteiger partial charge >= 0.3 is 0 Å². The van der Waals surface area contributed by atoms with Crippen LogP contribution in [0.5, 0.6) is 0 Å². The Hall–Kier alpha value is -2.07. The number of benzene rings is 2. The van der Waals surface area contributed by atoms with Crippen LogP contribution in [-0.2, 0) is 6.54 Å². The molecule has 0 saturated carbocycles. The van der Waals surface area contributed by atoms with Gasteiger partial charge in [-0.25, -0.2) is 4.98 Å². The lowest BCUT2D eigenvalue weighted by Gasteiger charge is -2.20. The van der Waals surface area contributed by atoms with Crippen molar-refractivity contribution in [2.75, 3.05) is 17.2 Å². The molecule has 3 rings (SSSR count). The van der Waals surface area contributed by atoms with Crippen LogP contribution < -0.4 is 10.6 Å². The second-order valence-electron chi connectivity index (χ2n) is 5.16. The number of nitrogens with two attached hydrogens (primary N) is 1. The number of aromatic nitrogens is 1. The topological polar surface area (TPSA) is 42.2 Å². The van der Waals surface area contributed by atoms with Gasteiger partial charge in [0.05, 0.1) is 10.2 Å². The maximum atomic E-state index is 5.85. The fraction of sp³-hybridized carbons (Fsp3) is 0.235. The zero-order valence-electron chi connectivity index (χ0n) is 12.3. The Morgan fingerprint density at radius 2 is 2.00 bits per heavy atom. The Labute approximate surface area is 129 Å². The van der Waals surface area contributed by atoms with Crippen LogP contribution in [0, 0.1) is 6.92 Å². The maximum absolute atomic E-state index is 5.85. The molecule has 108 valence electrons. The lowest BCUT2D eigenvalue weighted by atomic mass is 10.1. The predicted molar refractivity (Wildman–Crippen MR) is 91.9 cm³/mol. The summed E-state index contributed by atoms with van der Waals surface area (Å²) in [4.78, 5) is 7.05. The average Bonchev–Trinajstić information content (AvgIpc) is 2.89. The van der Waals surface area contributed by atoms with Crippen LogP contribution in [0.2, 0.25) is 0 Å². The monoisotopic (exact) mass is 297 g/mol. The molecule has 0 spiro atoms. The Balaban J connectivity index is 1.93. The molecule has 1 heterocycles. The fourth-order valence-corrected chi connectivity index (χ4v) is 3.45. The molecule has 3 nitrogen and oxygen atoms in total. The van der Waals surface area contributed by atoms with Crippen molar-refractivity contribution in [1.82, 2.24) is 4.98 Å². The lowest BCUT2D eigenvalue weighted by Crippen LogP contribution is -2.22. The molecule has 0 unspecified atom stereocenters. The molecule has 2 N–H and O–H groups in total. The molecule has 0 aliphatic carbocycles. The molecule has 0 aliphatic rings. The normalized spacial score (nSPS) is 11.0. The number of nitrogens with zero attached hydrogens (tertiary/aromatic N) is 2. The predicted octanol–water partition coefficient (Wildman–Crippen LogP) is 4.21. The molecule has 0 radical (unpaired) electrons. The molecule has 0 aliphatic heterocycles. The molecule has 0 fully saturated rings. The molecular formula is C17H19N3S. The molecule has 2 aromatic carbocycles. The third-order valence-corrected chi connectivity index (χ3v) is 4.75. The summed E-state index contributed by atoms with van der Waals surface area (Å²) in [7, 11) is 0. The van der Waals surface area contributed by atoms with Gasteiger partial charge in [0.2, 0.25) is 0 Å². The van der Waals surface area contributed by atoms with Gasteiger partial charge in [0.1, 0.15) is 0 Å². The number of thiazole rings is 1. The van der Waals surface area contributed by atoms with E-state index in [2.05, 4.69) is 43.0 Å². The number of hydrogen-bond donors (Lipinski definition) is 1. The van der Waals surface area contributed by atoms with Gasteiger partial charge in [-0.3, -0.25) is 0 Å². The highest BCUT2D eigenvalue weighted by atomic mass is 32.1. The second-order valence-corrected chi connectivity index (χ2v) is 6.17. The summed E-state index contributed by atoms with van der Waals surface area (Å²) >= 11 is 1.70. The zero-order chi connectivity index (χ0) is 14.8. The van der Waals surface area contributed by atoms with E-state index in [0.29, 0.717) is 0 Å². The van der Waals surface area contributed by atoms with Gasteiger partial charge in [-0.15, -0.1) is 0 Å². The molecular weight excluding hydrogens is 278 g/mol. The Kier molecular flexibility index (Phi) is 3.80. The Morgan fingerprint density at radius 1 is 1.19 bits per heavy atom. The van der Waals surface area contributed by atoms with Gasteiger partial charge in [-0.05, 0) is 43.2 Å². The van der Waals surface area contributed by atoms with Crippen molar-refractivity contribution in [3.05, 3.63) is 53.6 Å². The van der Waals surface area contributed by atoms with Crippen LogP contribution in [-0.4, -0.2) is 11.5 Å². The zero-order valence-corrected chi connectivity index (χ0v) is 13.2. The smallest absolute Gasteiger partial charge is 0.186 e. The minimum atomic E-state index is 0.791. The quantitative estimate of drug-likeness (QED) is 0.733. The van der Waals surface area contributed by atoms with Gasteiger partial charge in [0.25, 0.3) is 0 Å². The first kappa shape index (κ1) is 13.9. The van der Waals surface area contributed by atoms with E-state index in [4.69, 9.17) is 10.7 Å². The van der Waals surface area contributed by atoms with Crippen molar-refractivity contribution in [3.63, 3.8) is 0 Å². The summed E-state index contributed by atoms with van der Waals surface area (Å²) in [6, 6.07) is 14.4. The summed E-state index contributed by atoms with van der Waals surface area (Å²) in [6.45, 7) is 6.14. The number of fused-ring (bicyclic) bond motifs is 1. The first-order valence-corrected chi connectivity index (χ1v) is 7.94. The second kappa shape index (κ2) is 5.74. The number of rotatable bonds is 4. The summed E-state index contributed by atoms with van der Waals surface area (Å²) in [6.07, 6.45) is 0. The van der Waals surface area contributed by atoms with E-state index >= 15 is 0 Å². The van der Waals surface area contributed by atoms with Crippen LogP contribution in [0.25, 0.3) is 10.2 Å². The minimum absolute atomic E-state index is 0.791. The first-order valence-electron chi connectivity index (χ1n) is 7.13. The van der Waals surface area contributed by atoms with Crippen LogP contribution in [0.3, 0.4) is 0 Å². The van der Waals surface area contributed by atoms with Gasteiger partial charge in [-0.1, -0.05) is 35.6 Å². The first-order chi connectivity index (χ1) is 10.2. The summed E-state index contributed by atoms with van der Waals surface area (Å²) in [5.74, 6) is 0. The van der Waals surface area contributed by atoms with Crippen LogP contribution in [0.1, 0.15) is 18.1 Å². The molecule has 0 atom stereocenters. The molecule has 0 saturated heterocycles. The van der Waals surface area contributed by atoms with Crippen molar-refractivity contribution in [2.24, 2.45) is 0 Å². The van der Waals surface area contributed by atoms with E-state index in [-0.39, 0.29) is 0 Å². The van der Waals surface area contributed by atoms with E-state index < -0.39 is 0 Å². The molecule has 1 aromatic heterocycles. The summed E-state index contributed by atoms with van der Waals surface area (Å²) in [5.41, 5.74) is 10.3. The Morgan fingerprint density at radius 3 is 2.76 bits per heavy atom. The molecule has 0 bridgehead atoms. The highest BCUT2D eigenvalue weighted by Gasteiger charge is 2.12. The van der Waals surface area contributed by atoms with Crippen molar-refractivity contribution in [2.45, 2.75) is 20.4 Å². The Bertz CT molecular complexity index is 764. The van der Waals surface area contributed by atoms with Crippen molar-refractivity contribution < 1.29 is 0 Å². The van der Waals surface area contributed by atoms with Crippen molar-refractivity contribution >= 4 is 32.4 Å². The van der Waals surface area contributed by atoms with E-state index in [1.807, 2.05) is 18.2 Å². The largest absolute Gasteiger partial charge is 0.399 e. The van der Waals surface area contributed by atoms with Crippen molar-refractivity contribution in [1.29, 1.82) is 0 Å². The number of anilines is 2. The highest BCUT2D eigenvalue weighted by molar-refractivity contribution is 7.22. The number of hydrogen-bond acceptors (Lipinski definition) is 4.